The van der Waals surface area contributed by atoms with E-state index in [2.05, 4.69) is 6.92 Å². The molecule has 28 heavy (non-hydrogen) atoms. The topological polar surface area (TPSA) is 60.8 Å². The lowest BCUT2D eigenvalue weighted by Gasteiger charge is -2.32. The Bertz CT molecular complexity index is 376. The fourth-order valence-electron chi connectivity index (χ4n) is 4.85. The van der Waals surface area contributed by atoms with Crippen LogP contribution in [0.3, 0.4) is 0 Å². The summed E-state index contributed by atoms with van der Waals surface area (Å²) in [6.07, 6.45) is 25.4. The fourth-order valence-corrected chi connectivity index (χ4v) is 4.85. The van der Waals surface area contributed by atoms with Gasteiger partial charge in [-0.05, 0) is 19.3 Å². The SMILES string of the molecule is CCCCCCCCCCCCCCCCC1(C(=O)N(O)O)CCCCCC1. The average molecular weight is 398 g/mol. The summed E-state index contributed by atoms with van der Waals surface area (Å²) >= 11 is 0. The van der Waals surface area contributed by atoms with Crippen LogP contribution in [-0.4, -0.2) is 21.5 Å². The van der Waals surface area contributed by atoms with Gasteiger partial charge in [0.25, 0.3) is 5.91 Å². The molecule has 0 spiro atoms. The molecule has 0 aromatic carbocycles. The first-order valence-corrected chi connectivity index (χ1v) is 12.3. The molecule has 2 N–H and O–H groups in total. The summed E-state index contributed by atoms with van der Waals surface area (Å²) in [5.74, 6) is -0.482. The summed E-state index contributed by atoms with van der Waals surface area (Å²) in [5.41, 5.74) is -0.531. The van der Waals surface area contributed by atoms with Crippen LogP contribution in [0.4, 0.5) is 0 Å². The lowest BCUT2D eigenvalue weighted by molar-refractivity contribution is -0.293. The van der Waals surface area contributed by atoms with E-state index in [1.807, 2.05) is 0 Å². The van der Waals surface area contributed by atoms with Crippen molar-refractivity contribution in [1.29, 1.82) is 0 Å². The highest BCUT2D eigenvalue weighted by atomic mass is 16.8. The quantitative estimate of drug-likeness (QED) is 0.121. The minimum Gasteiger partial charge on any atom is -0.269 e. The zero-order valence-corrected chi connectivity index (χ0v) is 18.6. The van der Waals surface area contributed by atoms with Crippen LogP contribution < -0.4 is 0 Å². The monoisotopic (exact) mass is 397 g/mol. The van der Waals surface area contributed by atoms with Crippen LogP contribution >= 0.6 is 0 Å². The molecule has 1 saturated carbocycles. The van der Waals surface area contributed by atoms with Gasteiger partial charge in [0.05, 0.1) is 5.41 Å². The van der Waals surface area contributed by atoms with Crippen molar-refractivity contribution in [3.63, 3.8) is 0 Å². The first-order chi connectivity index (χ1) is 13.6. The second-order valence-electron chi connectivity index (χ2n) is 9.14. The Morgan fingerprint density at radius 3 is 1.46 bits per heavy atom. The van der Waals surface area contributed by atoms with E-state index in [0.29, 0.717) is 0 Å². The first kappa shape index (κ1) is 25.4. The van der Waals surface area contributed by atoms with E-state index < -0.39 is 11.3 Å². The van der Waals surface area contributed by atoms with Crippen molar-refractivity contribution >= 4 is 5.91 Å². The number of rotatable bonds is 16. The van der Waals surface area contributed by atoms with Gasteiger partial charge in [0.1, 0.15) is 0 Å². The van der Waals surface area contributed by atoms with Crippen molar-refractivity contribution in [1.82, 2.24) is 5.23 Å². The molecule has 0 radical (unpaired) electrons. The summed E-state index contributed by atoms with van der Waals surface area (Å²) in [6, 6.07) is 0. The molecule has 1 aliphatic rings. The van der Waals surface area contributed by atoms with Crippen LogP contribution in [0.2, 0.25) is 0 Å². The average Bonchev–Trinajstić information content (AvgIpc) is 2.94. The zero-order valence-electron chi connectivity index (χ0n) is 18.6. The van der Waals surface area contributed by atoms with Crippen LogP contribution in [0.15, 0.2) is 0 Å². The molecular weight excluding hydrogens is 350 g/mol. The van der Waals surface area contributed by atoms with Crippen LogP contribution in [0, 0.1) is 5.41 Å². The molecule has 1 amide bonds. The van der Waals surface area contributed by atoms with Crippen molar-refractivity contribution in [2.24, 2.45) is 5.41 Å². The van der Waals surface area contributed by atoms with E-state index in [4.69, 9.17) is 0 Å². The van der Waals surface area contributed by atoms with Crippen LogP contribution in [0.1, 0.15) is 142 Å². The number of hydroxylamine groups is 2. The first-order valence-electron chi connectivity index (χ1n) is 12.3. The molecule has 1 aliphatic carbocycles. The number of hydrogen-bond donors (Lipinski definition) is 2. The van der Waals surface area contributed by atoms with Gasteiger partial charge in [-0.15, -0.1) is 0 Å². The van der Waals surface area contributed by atoms with Crippen molar-refractivity contribution in [2.75, 3.05) is 0 Å². The minimum atomic E-state index is -0.531. The maximum atomic E-state index is 12.4. The van der Waals surface area contributed by atoms with Gasteiger partial charge < -0.3 is 0 Å². The highest BCUT2D eigenvalue weighted by Crippen LogP contribution is 2.41. The van der Waals surface area contributed by atoms with Gasteiger partial charge in [0.15, 0.2) is 0 Å². The van der Waals surface area contributed by atoms with E-state index in [9.17, 15) is 15.2 Å². The minimum absolute atomic E-state index is 0.144. The van der Waals surface area contributed by atoms with E-state index in [1.165, 1.54) is 77.0 Å². The Morgan fingerprint density at radius 1 is 0.679 bits per heavy atom. The maximum absolute atomic E-state index is 12.4. The number of unbranched alkanes of at least 4 members (excludes halogenated alkanes) is 13. The van der Waals surface area contributed by atoms with E-state index in [-0.39, 0.29) is 5.23 Å². The zero-order chi connectivity index (χ0) is 20.5. The van der Waals surface area contributed by atoms with Crippen LogP contribution in [0.25, 0.3) is 0 Å². The Balaban J connectivity index is 2.05. The van der Waals surface area contributed by atoms with Crippen LogP contribution in [0.5, 0.6) is 0 Å². The standard InChI is InChI=1S/C24H47NO3/c1-2-3-4-5-6-7-8-9-10-11-12-13-14-17-20-24(23(26)25(27)28)21-18-15-16-19-22-24/h27-28H,2-22H2,1H3. The summed E-state index contributed by atoms with van der Waals surface area (Å²) < 4.78 is 0. The molecule has 166 valence electrons. The van der Waals surface area contributed by atoms with Gasteiger partial charge in [-0.25, -0.2) is 0 Å². The Morgan fingerprint density at radius 2 is 1.07 bits per heavy atom. The Hall–Kier alpha value is -0.610. The molecular formula is C24H47NO3. The van der Waals surface area contributed by atoms with Gasteiger partial charge in [-0.3, -0.25) is 15.2 Å². The molecule has 4 heteroatoms. The molecule has 0 aromatic rings. The Kier molecular flexibility index (Phi) is 14.7. The molecule has 0 unspecified atom stereocenters. The maximum Gasteiger partial charge on any atom is 0.279 e. The van der Waals surface area contributed by atoms with Crippen molar-refractivity contribution < 1.29 is 15.2 Å². The lowest BCUT2D eigenvalue weighted by Crippen LogP contribution is -2.40. The second kappa shape index (κ2) is 16.2. The molecule has 1 fully saturated rings. The fraction of sp³-hybridized carbons (Fsp3) is 0.958. The normalized spacial score (nSPS) is 16.7. The van der Waals surface area contributed by atoms with Gasteiger partial charge >= 0.3 is 0 Å². The van der Waals surface area contributed by atoms with E-state index in [0.717, 1.165) is 57.8 Å². The lowest BCUT2D eigenvalue weighted by atomic mass is 9.75. The molecule has 0 bridgehead atoms. The summed E-state index contributed by atoms with van der Waals surface area (Å²) in [4.78, 5) is 12.4. The van der Waals surface area contributed by atoms with Gasteiger partial charge in [-0.1, -0.05) is 128 Å². The third-order valence-corrected chi connectivity index (χ3v) is 6.70. The molecule has 4 nitrogen and oxygen atoms in total. The van der Waals surface area contributed by atoms with E-state index >= 15 is 0 Å². The number of amides is 1. The third kappa shape index (κ3) is 10.8. The van der Waals surface area contributed by atoms with Gasteiger partial charge in [-0.2, -0.15) is 0 Å². The van der Waals surface area contributed by atoms with Crippen molar-refractivity contribution in [3.05, 3.63) is 0 Å². The van der Waals surface area contributed by atoms with Crippen LogP contribution in [-0.2, 0) is 4.79 Å². The predicted octanol–water partition coefficient (Wildman–Crippen LogP) is 7.81. The molecule has 1 rings (SSSR count). The number of carbonyl (C=O) groups excluding carboxylic acids is 1. The summed E-state index contributed by atoms with van der Waals surface area (Å²) in [5, 5.41) is 18.4. The third-order valence-electron chi connectivity index (χ3n) is 6.70. The number of hydrogen-bond acceptors (Lipinski definition) is 3. The molecule has 0 aliphatic heterocycles. The van der Waals surface area contributed by atoms with Crippen molar-refractivity contribution in [3.8, 4) is 0 Å². The number of nitrogens with zero attached hydrogens (tertiary/aromatic N) is 1. The second-order valence-corrected chi connectivity index (χ2v) is 9.14. The smallest absolute Gasteiger partial charge is 0.269 e. The molecule has 0 heterocycles. The highest BCUT2D eigenvalue weighted by Gasteiger charge is 2.40. The highest BCUT2D eigenvalue weighted by molar-refractivity contribution is 5.80. The van der Waals surface area contributed by atoms with E-state index in [1.54, 1.807) is 0 Å². The summed E-state index contributed by atoms with van der Waals surface area (Å²) in [7, 11) is 0. The van der Waals surface area contributed by atoms with Crippen molar-refractivity contribution in [2.45, 2.75) is 142 Å². The largest absolute Gasteiger partial charge is 0.279 e. The van der Waals surface area contributed by atoms with Gasteiger partial charge in [0, 0.05) is 0 Å². The number of carbonyl (C=O) groups is 1. The molecule has 0 aromatic heterocycles. The molecule has 0 saturated heterocycles. The summed E-state index contributed by atoms with van der Waals surface area (Å²) in [6.45, 7) is 2.27. The molecule has 0 atom stereocenters. The van der Waals surface area contributed by atoms with Gasteiger partial charge in [0.2, 0.25) is 0 Å². The predicted molar refractivity (Wildman–Crippen MR) is 115 cm³/mol. The Labute approximate surface area is 174 Å².